The Bertz CT molecular complexity index is 913. The smallest absolute Gasteiger partial charge is 0.278 e. The van der Waals surface area contributed by atoms with Gasteiger partial charge in [0.05, 0.1) is 22.1 Å². The van der Waals surface area contributed by atoms with Gasteiger partial charge in [0.1, 0.15) is 11.6 Å². The molecule has 1 aromatic carbocycles. The predicted octanol–water partition coefficient (Wildman–Crippen LogP) is 4.17. The van der Waals surface area contributed by atoms with E-state index in [9.17, 15) is 10.1 Å². The summed E-state index contributed by atoms with van der Waals surface area (Å²) in [6.45, 7) is 3.47. The molecule has 128 valence electrons. The summed E-state index contributed by atoms with van der Waals surface area (Å²) >= 11 is 1.65. The molecule has 0 N–H and O–H groups in total. The minimum Gasteiger partial charge on any atom is -0.367 e. The first-order valence-electron chi connectivity index (χ1n) is 8.08. The van der Waals surface area contributed by atoms with Crippen molar-refractivity contribution < 1.29 is 9.66 Å². The number of pyridine rings is 1. The Balaban J connectivity index is 1.76. The Morgan fingerprint density at radius 2 is 2.20 bits per heavy atom. The second kappa shape index (κ2) is 6.42. The number of non-ortho nitro benzene ring substituents is 1. The lowest BCUT2D eigenvalue weighted by Gasteiger charge is -2.38. The van der Waals surface area contributed by atoms with Crippen LogP contribution in [0.1, 0.15) is 18.6 Å². The molecule has 0 spiro atoms. The number of nitro benzene ring substituents is 1. The number of thiophene rings is 1. The van der Waals surface area contributed by atoms with Gasteiger partial charge in [0.2, 0.25) is 0 Å². The molecule has 6 nitrogen and oxygen atoms in total. The van der Waals surface area contributed by atoms with E-state index in [2.05, 4.69) is 21.3 Å². The number of fused-ring (bicyclic) bond motifs is 1. The van der Waals surface area contributed by atoms with E-state index in [0.717, 1.165) is 12.2 Å². The van der Waals surface area contributed by atoms with Crippen LogP contribution in [0.4, 0.5) is 11.4 Å². The lowest BCUT2D eigenvalue weighted by molar-refractivity contribution is -0.383. The minimum absolute atomic E-state index is 0.0102. The number of anilines is 1. The van der Waals surface area contributed by atoms with E-state index >= 15 is 0 Å². The first-order valence-corrected chi connectivity index (χ1v) is 9.02. The van der Waals surface area contributed by atoms with Gasteiger partial charge in [0, 0.05) is 25.4 Å². The van der Waals surface area contributed by atoms with Crippen molar-refractivity contribution in [2.24, 2.45) is 0 Å². The topological polar surface area (TPSA) is 68.5 Å². The largest absolute Gasteiger partial charge is 0.367 e. The average Bonchev–Trinajstić information content (AvgIpc) is 3.15. The third-order valence-electron chi connectivity index (χ3n) is 4.44. The molecule has 1 fully saturated rings. The number of nitrogens with zero attached hydrogens (tertiary/aromatic N) is 3. The lowest BCUT2D eigenvalue weighted by Crippen LogP contribution is -2.43. The minimum atomic E-state index is -0.357. The molecule has 0 amide bonds. The third kappa shape index (κ3) is 2.96. The van der Waals surface area contributed by atoms with Gasteiger partial charge >= 0.3 is 0 Å². The molecule has 0 radical (unpaired) electrons. The molecule has 4 rings (SSSR count). The number of hydrogen-bond donors (Lipinski definition) is 0. The molecule has 0 aliphatic carbocycles. The summed E-state index contributed by atoms with van der Waals surface area (Å²) in [7, 11) is 0. The van der Waals surface area contributed by atoms with Crippen LogP contribution in [0.2, 0.25) is 0 Å². The van der Waals surface area contributed by atoms with Crippen LogP contribution in [0.5, 0.6) is 0 Å². The second-order valence-electron chi connectivity index (χ2n) is 6.16. The maximum atomic E-state index is 11.3. The zero-order valence-electron chi connectivity index (χ0n) is 13.7. The number of nitro groups is 1. The molecule has 0 saturated carbocycles. The van der Waals surface area contributed by atoms with Gasteiger partial charge in [-0.1, -0.05) is 0 Å². The number of hydrogen-bond acceptors (Lipinski definition) is 6. The van der Waals surface area contributed by atoms with Crippen LogP contribution in [-0.2, 0) is 4.74 Å². The fraction of sp³-hybridized carbons (Fsp3) is 0.278. The molecule has 1 saturated heterocycles. The molecule has 25 heavy (non-hydrogen) atoms. The molecule has 3 aromatic rings. The highest BCUT2D eigenvalue weighted by Gasteiger charge is 2.29. The molecular formula is C18H17N3O3S. The maximum Gasteiger partial charge on any atom is 0.278 e. The Morgan fingerprint density at radius 1 is 1.32 bits per heavy atom. The number of rotatable bonds is 3. The highest BCUT2D eigenvalue weighted by atomic mass is 32.1. The standard InChI is InChI=1S/C18H17N3O3S/c1-12-9-20(10-17(24-12)13-6-8-25-11-13)16-5-4-15(21(22)23)14-3-2-7-19-18(14)16/h2-8,11-12,17H,9-10H2,1H3. The van der Waals surface area contributed by atoms with Gasteiger partial charge in [-0.15, -0.1) is 0 Å². The summed E-state index contributed by atoms with van der Waals surface area (Å²) in [6.07, 6.45) is 1.73. The molecule has 2 unspecified atom stereocenters. The molecule has 2 atom stereocenters. The highest BCUT2D eigenvalue weighted by Crippen LogP contribution is 2.35. The zero-order valence-corrected chi connectivity index (χ0v) is 14.5. The second-order valence-corrected chi connectivity index (χ2v) is 6.94. The van der Waals surface area contributed by atoms with E-state index in [0.29, 0.717) is 17.4 Å². The van der Waals surface area contributed by atoms with Crippen LogP contribution in [0.3, 0.4) is 0 Å². The van der Waals surface area contributed by atoms with Crippen molar-refractivity contribution in [1.82, 2.24) is 4.98 Å². The molecule has 7 heteroatoms. The van der Waals surface area contributed by atoms with Gasteiger partial charge in [0.15, 0.2) is 0 Å². The number of aromatic nitrogens is 1. The molecule has 0 bridgehead atoms. The van der Waals surface area contributed by atoms with Crippen LogP contribution in [0.15, 0.2) is 47.3 Å². The lowest BCUT2D eigenvalue weighted by atomic mass is 10.1. The van der Waals surface area contributed by atoms with E-state index in [1.54, 1.807) is 41.8 Å². The SMILES string of the molecule is CC1CN(c2ccc([N+](=O)[O-])c3cccnc23)CC(c2ccsc2)O1. The summed E-state index contributed by atoms with van der Waals surface area (Å²) in [5.74, 6) is 0. The molecule has 3 heterocycles. The van der Waals surface area contributed by atoms with E-state index in [1.807, 2.05) is 12.3 Å². The third-order valence-corrected chi connectivity index (χ3v) is 5.14. The summed E-state index contributed by atoms with van der Waals surface area (Å²) in [5.41, 5.74) is 2.83. The Morgan fingerprint density at radius 3 is 2.96 bits per heavy atom. The maximum absolute atomic E-state index is 11.3. The summed E-state index contributed by atoms with van der Waals surface area (Å²) in [6, 6.07) is 8.94. The Labute approximate surface area is 148 Å². The van der Waals surface area contributed by atoms with Crippen molar-refractivity contribution in [3.05, 3.63) is 63.0 Å². The van der Waals surface area contributed by atoms with Crippen molar-refractivity contribution in [1.29, 1.82) is 0 Å². The van der Waals surface area contributed by atoms with Crippen molar-refractivity contribution in [2.45, 2.75) is 19.1 Å². The van der Waals surface area contributed by atoms with Crippen LogP contribution in [0.25, 0.3) is 10.9 Å². The zero-order chi connectivity index (χ0) is 17.4. The van der Waals surface area contributed by atoms with Gasteiger partial charge < -0.3 is 9.64 Å². The normalized spacial score (nSPS) is 20.8. The quantitative estimate of drug-likeness (QED) is 0.521. The average molecular weight is 355 g/mol. The van der Waals surface area contributed by atoms with Gasteiger partial charge in [0.25, 0.3) is 5.69 Å². The first-order chi connectivity index (χ1) is 12.1. The van der Waals surface area contributed by atoms with E-state index in [4.69, 9.17) is 4.74 Å². The monoisotopic (exact) mass is 355 g/mol. The van der Waals surface area contributed by atoms with Crippen LogP contribution in [0, 0.1) is 10.1 Å². The molecule has 1 aliphatic rings. The van der Waals surface area contributed by atoms with Crippen LogP contribution in [-0.4, -0.2) is 29.1 Å². The van der Waals surface area contributed by atoms with E-state index in [1.165, 1.54) is 5.56 Å². The predicted molar refractivity (Wildman–Crippen MR) is 98.2 cm³/mol. The van der Waals surface area contributed by atoms with Gasteiger partial charge in [-0.2, -0.15) is 11.3 Å². The number of morpholine rings is 1. The Hall–Kier alpha value is -2.51. The van der Waals surface area contributed by atoms with Crippen LogP contribution < -0.4 is 4.90 Å². The van der Waals surface area contributed by atoms with E-state index in [-0.39, 0.29) is 22.8 Å². The summed E-state index contributed by atoms with van der Waals surface area (Å²) in [5, 5.41) is 16.0. The van der Waals surface area contributed by atoms with Crippen molar-refractivity contribution in [3.8, 4) is 0 Å². The van der Waals surface area contributed by atoms with Crippen molar-refractivity contribution in [3.63, 3.8) is 0 Å². The van der Waals surface area contributed by atoms with Crippen molar-refractivity contribution in [2.75, 3.05) is 18.0 Å². The number of ether oxygens (including phenoxy) is 1. The van der Waals surface area contributed by atoms with Crippen LogP contribution >= 0.6 is 11.3 Å². The van der Waals surface area contributed by atoms with Gasteiger partial charge in [-0.05, 0) is 47.5 Å². The van der Waals surface area contributed by atoms with Gasteiger partial charge in [-0.3, -0.25) is 15.1 Å². The van der Waals surface area contributed by atoms with Crippen molar-refractivity contribution >= 4 is 33.6 Å². The van der Waals surface area contributed by atoms with E-state index < -0.39 is 0 Å². The molecular weight excluding hydrogens is 338 g/mol. The summed E-state index contributed by atoms with van der Waals surface area (Å²) in [4.78, 5) is 17.6. The molecule has 1 aliphatic heterocycles. The number of benzene rings is 1. The molecule has 2 aromatic heterocycles. The fourth-order valence-corrected chi connectivity index (χ4v) is 4.05. The summed E-state index contributed by atoms with van der Waals surface area (Å²) < 4.78 is 6.09. The highest BCUT2D eigenvalue weighted by molar-refractivity contribution is 7.07. The van der Waals surface area contributed by atoms with Gasteiger partial charge in [-0.25, -0.2) is 0 Å². The first kappa shape index (κ1) is 16.0. The fourth-order valence-electron chi connectivity index (χ4n) is 3.35. The Kier molecular flexibility index (Phi) is 4.10.